The van der Waals surface area contributed by atoms with Crippen molar-refractivity contribution in [3.05, 3.63) is 83.3 Å². The Hall–Kier alpha value is -3.04. The van der Waals surface area contributed by atoms with Gasteiger partial charge in [-0.15, -0.1) is 0 Å². The van der Waals surface area contributed by atoms with Crippen molar-refractivity contribution in [2.24, 2.45) is 0 Å². The zero-order valence-corrected chi connectivity index (χ0v) is 16.0. The topological polar surface area (TPSA) is 24.1 Å². The molecular formula is C24H15BrN2. The monoisotopic (exact) mass is 410 g/mol. The van der Waals surface area contributed by atoms with E-state index in [1.807, 2.05) is 0 Å². The van der Waals surface area contributed by atoms with Gasteiger partial charge in [-0.05, 0) is 62.6 Å². The van der Waals surface area contributed by atoms with Gasteiger partial charge in [0.25, 0.3) is 0 Å². The van der Waals surface area contributed by atoms with Crippen LogP contribution in [0.5, 0.6) is 0 Å². The molecule has 0 bridgehead atoms. The van der Waals surface area contributed by atoms with Crippen LogP contribution in [0.4, 0.5) is 22.7 Å². The summed E-state index contributed by atoms with van der Waals surface area (Å²) in [6.07, 6.45) is 0. The number of fused-ring (bicyclic) bond motifs is 8. The first-order valence-corrected chi connectivity index (χ1v) is 9.78. The van der Waals surface area contributed by atoms with Crippen LogP contribution in [0.15, 0.2) is 83.3 Å². The minimum absolute atomic E-state index is 1.07. The number of nitrogens with one attached hydrogen (secondary N) is 2. The fourth-order valence-electron chi connectivity index (χ4n) is 4.18. The molecular weight excluding hydrogens is 396 g/mol. The van der Waals surface area contributed by atoms with Crippen LogP contribution >= 0.6 is 15.9 Å². The Bertz CT molecular complexity index is 1390. The van der Waals surface area contributed by atoms with Crippen LogP contribution in [0.1, 0.15) is 0 Å². The highest BCUT2D eigenvalue weighted by atomic mass is 79.9. The highest BCUT2D eigenvalue weighted by molar-refractivity contribution is 9.10. The molecule has 0 amide bonds. The van der Waals surface area contributed by atoms with Crippen molar-refractivity contribution in [3.63, 3.8) is 0 Å². The Kier molecular flexibility index (Phi) is 3.06. The number of rotatable bonds is 0. The predicted octanol–water partition coefficient (Wildman–Crippen LogP) is 7.71. The third-order valence-electron chi connectivity index (χ3n) is 5.40. The van der Waals surface area contributed by atoms with Crippen LogP contribution in [-0.2, 0) is 0 Å². The summed E-state index contributed by atoms with van der Waals surface area (Å²) in [5, 5.41) is 14.9. The Labute approximate surface area is 164 Å². The number of halogens is 1. The lowest BCUT2D eigenvalue weighted by Gasteiger charge is -2.24. The number of benzene rings is 5. The molecule has 5 aromatic rings. The minimum atomic E-state index is 1.07. The molecule has 0 unspecified atom stereocenters. The molecule has 2 N–H and O–H groups in total. The molecule has 0 atom stereocenters. The van der Waals surface area contributed by atoms with Crippen molar-refractivity contribution in [2.75, 3.05) is 10.6 Å². The van der Waals surface area contributed by atoms with E-state index < -0.39 is 0 Å². The maximum absolute atomic E-state index is 3.59. The second-order valence-electron chi connectivity index (χ2n) is 6.97. The van der Waals surface area contributed by atoms with E-state index in [4.69, 9.17) is 0 Å². The summed E-state index contributed by atoms with van der Waals surface area (Å²) in [4.78, 5) is 0. The highest BCUT2D eigenvalue weighted by Crippen LogP contribution is 2.44. The molecule has 6 rings (SSSR count). The van der Waals surface area contributed by atoms with E-state index in [9.17, 15) is 0 Å². The van der Waals surface area contributed by atoms with Crippen LogP contribution < -0.4 is 10.6 Å². The van der Waals surface area contributed by atoms with Crippen LogP contribution in [0.2, 0.25) is 0 Å². The zero-order chi connectivity index (χ0) is 18.0. The van der Waals surface area contributed by atoms with Gasteiger partial charge < -0.3 is 10.6 Å². The SMILES string of the molecule is Brc1ccc2c(c1)Nc1cc3c4ccccc4c4ccccc4c3cc1N2. The van der Waals surface area contributed by atoms with Crippen molar-refractivity contribution >= 4 is 71.0 Å². The fraction of sp³-hybridized carbons (Fsp3) is 0. The molecule has 128 valence electrons. The maximum Gasteiger partial charge on any atom is 0.0635 e. The van der Waals surface area contributed by atoms with Gasteiger partial charge in [-0.3, -0.25) is 0 Å². The smallest absolute Gasteiger partial charge is 0.0635 e. The normalized spacial score (nSPS) is 12.5. The Balaban J connectivity index is 1.72. The summed E-state index contributed by atoms with van der Waals surface area (Å²) in [6.45, 7) is 0. The van der Waals surface area contributed by atoms with Crippen molar-refractivity contribution in [1.82, 2.24) is 0 Å². The first kappa shape index (κ1) is 15.1. The van der Waals surface area contributed by atoms with Gasteiger partial charge in [-0.1, -0.05) is 64.5 Å². The third kappa shape index (κ3) is 2.18. The molecule has 0 saturated heterocycles. The van der Waals surface area contributed by atoms with Crippen LogP contribution in [0.3, 0.4) is 0 Å². The van der Waals surface area contributed by atoms with Crippen LogP contribution in [0.25, 0.3) is 32.3 Å². The minimum Gasteiger partial charge on any atom is -0.352 e. The van der Waals surface area contributed by atoms with Crippen molar-refractivity contribution in [3.8, 4) is 0 Å². The summed E-state index contributed by atoms with van der Waals surface area (Å²) < 4.78 is 1.07. The summed E-state index contributed by atoms with van der Waals surface area (Å²) in [6, 6.07) is 28.2. The Morgan fingerprint density at radius 1 is 0.444 bits per heavy atom. The number of anilines is 4. The van der Waals surface area contributed by atoms with Crippen molar-refractivity contribution in [1.29, 1.82) is 0 Å². The predicted molar refractivity (Wildman–Crippen MR) is 120 cm³/mol. The van der Waals surface area contributed by atoms with Gasteiger partial charge in [0, 0.05) is 4.47 Å². The van der Waals surface area contributed by atoms with E-state index in [-0.39, 0.29) is 0 Å². The second kappa shape index (κ2) is 5.48. The van der Waals surface area contributed by atoms with Gasteiger partial charge in [-0.2, -0.15) is 0 Å². The summed E-state index contributed by atoms with van der Waals surface area (Å²) in [5.74, 6) is 0. The molecule has 0 fully saturated rings. The molecule has 0 radical (unpaired) electrons. The fourth-order valence-corrected chi connectivity index (χ4v) is 4.54. The summed E-state index contributed by atoms with van der Waals surface area (Å²) >= 11 is 3.56. The van der Waals surface area contributed by atoms with Crippen molar-refractivity contribution < 1.29 is 0 Å². The molecule has 0 saturated carbocycles. The van der Waals surface area contributed by atoms with Crippen molar-refractivity contribution in [2.45, 2.75) is 0 Å². The molecule has 0 aromatic heterocycles. The molecule has 0 spiro atoms. The number of hydrogen-bond acceptors (Lipinski definition) is 2. The lowest BCUT2D eigenvalue weighted by Crippen LogP contribution is -2.06. The van der Waals surface area contributed by atoms with Gasteiger partial charge in [0.1, 0.15) is 0 Å². The lowest BCUT2D eigenvalue weighted by atomic mass is 9.93. The molecule has 1 aliphatic rings. The standard InChI is InChI=1S/C24H15BrN2/c25-14-9-10-21-22(11-14)27-24-13-20-18-8-4-2-6-16(18)15-5-1-3-7-17(15)19(20)12-23(24)26-21/h1-13,26-27H. The second-order valence-corrected chi connectivity index (χ2v) is 7.89. The van der Waals surface area contributed by atoms with E-state index in [0.29, 0.717) is 0 Å². The maximum atomic E-state index is 3.59. The molecule has 5 aromatic carbocycles. The Morgan fingerprint density at radius 2 is 0.889 bits per heavy atom. The van der Waals surface area contributed by atoms with E-state index in [1.54, 1.807) is 0 Å². The van der Waals surface area contributed by atoms with Crippen LogP contribution in [0, 0.1) is 0 Å². The lowest BCUT2D eigenvalue weighted by molar-refractivity contribution is 1.45. The number of hydrogen-bond donors (Lipinski definition) is 2. The molecule has 1 aliphatic heterocycles. The average Bonchev–Trinajstić information content (AvgIpc) is 2.71. The largest absolute Gasteiger partial charge is 0.352 e. The van der Waals surface area contributed by atoms with E-state index >= 15 is 0 Å². The molecule has 0 aliphatic carbocycles. The highest BCUT2D eigenvalue weighted by Gasteiger charge is 2.17. The molecule has 27 heavy (non-hydrogen) atoms. The molecule has 1 heterocycles. The van der Waals surface area contributed by atoms with Crippen LogP contribution in [-0.4, -0.2) is 0 Å². The zero-order valence-electron chi connectivity index (χ0n) is 14.4. The molecule has 3 heteroatoms. The summed E-state index contributed by atoms with van der Waals surface area (Å²) in [5.41, 5.74) is 4.39. The van der Waals surface area contributed by atoms with Gasteiger partial charge in [0.15, 0.2) is 0 Å². The van der Waals surface area contributed by atoms with E-state index in [1.165, 1.54) is 32.3 Å². The first-order valence-electron chi connectivity index (χ1n) is 8.99. The quantitative estimate of drug-likeness (QED) is 0.250. The third-order valence-corrected chi connectivity index (χ3v) is 5.90. The van der Waals surface area contributed by atoms with Gasteiger partial charge in [0.2, 0.25) is 0 Å². The average molecular weight is 411 g/mol. The molecule has 2 nitrogen and oxygen atoms in total. The van der Waals surface area contributed by atoms with E-state index in [2.05, 4.69) is 105 Å². The summed E-state index contributed by atoms with van der Waals surface area (Å²) in [7, 11) is 0. The first-order chi connectivity index (χ1) is 13.3. The van der Waals surface area contributed by atoms with E-state index in [0.717, 1.165) is 27.2 Å². The van der Waals surface area contributed by atoms with Gasteiger partial charge in [-0.25, -0.2) is 0 Å². The Morgan fingerprint density at radius 3 is 1.44 bits per heavy atom. The van der Waals surface area contributed by atoms with Gasteiger partial charge in [0.05, 0.1) is 22.7 Å². The van der Waals surface area contributed by atoms with Gasteiger partial charge >= 0.3 is 0 Å².